The summed E-state index contributed by atoms with van der Waals surface area (Å²) in [6.45, 7) is 6.65. The molecule has 0 N–H and O–H groups in total. The molecule has 0 unspecified atom stereocenters. The predicted octanol–water partition coefficient (Wildman–Crippen LogP) is 2.63. The molecular formula is C17H24N4OS. The molecule has 6 heteroatoms. The Morgan fingerprint density at radius 1 is 1.26 bits per heavy atom. The highest BCUT2D eigenvalue weighted by Gasteiger charge is 2.21. The summed E-state index contributed by atoms with van der Waals surface area (Å²) in [5.74, 6) is 0.265. The van der Waals surface area contributed by atoms with Crippen LogP contribution in [-0.4, -0.2) is 51.4 Å². The lowest BCUT2D eigenvalue weighted by Gasteiger charge is -2.23. The van der Waals surface area contributed by atoms with Gasteiger partial charge in [0.1, 0.15) is 0 Å². The van der Waals surface area contributed by atoms with Gasteiger partial charge in [0.25, 0.3) is 0 Å². The molecule has 0 aliphatic carbocycles. The van der Waals surface area contributed by atoms with Crippen LogP contribution in [0.4, 0.5) is 0 Å². The van der Waals surface area contributed by atoms with Gasteiger partial charge in [0.15, 0.2) is 0 Å². The van der Waals surface area contributed by atoms with Crippen molar-refractivity contribution in [3.05, 3.63) is 41.1 Å². The maximum Gasteiger partial charge on any atom is 0.224 e. The third-order valence-electron chi connectivity index (χ3n) is 4.42. The number of hydrogen-bond donors (Lipinski definition) is 0. The molecule has 3 heterocycles. The first-order chi connectivity index (χ1) is 11.2. The third kappa shape index (κ3) is 4.42. The van der Waals surface area contributed by atoms with Crippen LogP contribution in [-0.2, 0) is 11.3 Å². The monoisotopic (exact) mass is 332 g/mol. The fourth-order valence-corrected chi connectivity index (χ4v) is 3.60. The van der Waals surface area contributed by atoms with Gasteiger partial charge in [-0.1, -0.05) is 0 Å². The highest BCUT2D eigenvalue weighted by atomic mass is 32.1. The molecule has 1 fully saturated rings. The van der Waals surface area contributed by atoms with Gasteiger partial charge in [-0.3, -0.25) is 9.69 Å². The zero-order valence-corrected chi connectivity index (χ0v) is 14.4. The van der Waals surface area contributed by atoms with Gasteiger partial charge in [0, 0.05) is 63.0 Å². The van der Waals surface area contributed by atoms with Crippen LogP contribution in [0.2, 0.25) is 0 Å². The van der Waals surface area contributed by atoms with E-state index in [1.807, 2.05) is 34.9 Å². The molecule has 1 aliphatic heterocycles. The molecule has 124 valence electrons. The molecule has 2 aromatic heterocycles. The van der Waals surface area contributed by atoms with Crippen LogP contribution in [0.3, 0.4) is 0 Å². The highest BCUT2D eigenvalue weighted by molar-refractivity contribution is 7.07. The summed E-state index contributed by atoms with van der Waals surface area (Å²) in [4.78, 5) is 21.3. The van der Waals surface area contributed by atoms with Gasteiger partial charge >= 0.3 is 0 Å². The molecule has 1 saturated heterocycles. The molecule has 5 nitrogen and oxygen atoms in total. The van der Waals surface area contributed by atoms with E-state index in [4.69, 9.17) is 0 Å². The molecule has 3 rings (SSSR count). The Labute approximate surface area is 141 Å². The van der Waals surface area contributed by atoms with Gasteiger partial charge in [-0.2, -0.15) is 0 Å². The van der Waals surface area contributed by atoms with Gasteiger partial charge in [0.05, 0.1) is 11.2 Å². The number of carbonyl (C=O) groups is 1. The Hall–Kier alpha value is -1.66. The van der Waals surface area contributed by atoms with E-state index in [1.165, 1.54) is 0 Å². The van der Waals surface area contributed by atoms with Gasteiger partial charge in [0.2, 0.25) is 5.91 Å². The zero-order chi connectivity index (χ0) is 16.1. The molecule has 0 spiro atoms. The van der Waals surface area contributed by atoms with Gasteiger partial charge in [-0.25, -0.2) is 4.98 Å². The van der Waals surface area contributed by atoms with Crippen molar-refractivity contribution in [2.75, 3.05) is 26.2 Å². The summed E-state index contributed by atoms with van der Waals surface area (Å²) in [6, 6.07) is 4.22. The third-order valence-corrected chi connectivity index (χ3v) is 5.05. The number of carbonyl (C=O) groups excluding carboxylic acids is 1. The summed E-state index contributed by atoms with van der Waals surface area (Å²) in [6.07, 6.45) is 5.65. The fourth-order valence-electron chi connectivity index (χ4n) is 3.05. The predicted molar refractivity (Wildman–Crippen MR) is 92.3 cm³/mol. The number of thiazole rings is 1. The standard InChI is InChI=1S/C17H24N4OS/c1-15(20-6-2-3-7-20)11-17(22)21-8-4-5-19(9-10-21)12-16-13-23-14-18-16/h2-3,6-7,13-15H,4-5,8-12H2,1H3/t15-/m1/s1. The van der Waals surface area contributed by atoms with Crippen LogP contribution in [0.15, 0.2) is 35.4 Å². The van der Waals surface area contributed by atoms with Crippen LogP contribution >= 0.6 is 11.3 Å². The lowest BCUT2D eigenvalue weighted by molar-refractivity contribution is -0.131. The van der Waals surface area contributed by atoms with Crippen molar-refractivity contribution < 1.29 is 4.79 Å². The molecule has 1 amide bonds. The largest absolute Gasteiger partial charge is 0.351 e. The molecule has 0 bridgehead atoms. The molecule has 0 aromatic carbocycles. The number of rotatable bonds is 5. The van der Waals surface area contributed by atoms with E-state index >= 15 is 0 Å². The summed E-state index contributed by atoms with van der Waals surface area (Å²) in [5, 5.41) is 2.10. The molecule has 1 atom stereocenters. The van der Waals surface area contributed by atoms with E-state index < -0.39 is 0 Å². The maximum atomic E-state index is 12.6. The molecule has 2 aromatic rings. The SMILES string of the molecule is C[C@H](CC(=O)N1CCCN(Cc2cscn2)CC1)n1cccc1. The maximum absolute atomic E-state index is 12.6. The fraction of sp³-hybridized carbons (Fsp3) is 0.529. The van der Waals surface area contributed by atoms with Gasteiger partial charge < -0.3 is 9.47 Å². The zero-order valence-electron chi connectivity index (χ0n) is 13.6. The Balaban J connectivity index is 1.50. The van der Waals surface area contributed by atoms with Crippen molar-refractivity contribution in [2.24, 2.45) is 0 Å². The van der Waals surface area contributed by atoms with Crippen LogP contribution in [0.5, 0.6) is 0 Å². The van der Waals surface area contributed by atoms with E-state index in [1.54, 1.807) is 11.3 Å². The summed E-state index contributed by atoms with van der Waals surface area (Å²) >= 11 is 1.64. The second-order valence-electron chi connectivity index (χ2n) is 6.17. The van der Waals surface area contributed by atoms with Crippen molar-refractivity contribution in [2.45, 2.75) is 32.4 Å². The summed E-state index contributed by atoms with van der Waals surface area (Å²) in [5.41, 5.74) is 3.02. The van der Waals surface area contributed by atoms with Crippen molar-refractivity contribution in [1.82, 2.24) is 19.4 Å². The number of amides is 1. The van der Waals surface area contributed by atoms with E-state index in [9.17, 15) is 4.79 Å². The molecule has 1 aliphatic rings. The van der Waals surface area contributed by atoms with Crippen molar-refractivity contribution in [3.63, 3.8) is 0 Å². The minimum Gasteiger partial charge on any atom is -0.351 e. The Morgan fingerprint density at radius 3 is 2.83 bits per heavy atom. The van der Waals surface area contributed by atoms with Crippen LogP contribution in [0.25, 0.3) is 0 Å². The molecule has 0 saturated carbocycles. The second-order valence-corrected chi connectivity index (χ2v) is 6.89. The Morgan fingerprint density at radius 2 is 2.09 bits per heavy atom. The van der Waals surface area contributed by atoms with Crippen LogP contribution < -0.4 is 0 Å². The van der Waals surface area contributed by atoms with Crippen LogP contribution in [0, 0.1) is 0 Å². The minimum atomic E-state index is 0.215. The molecular weight excluding hydrogens is 308 g/mol. The topological polar surface area (TPSA) is 41.4 Å². The first-order valence-electron chi connectivity index (χ1n) is 8.22. The van der Waals surface area contributed by atoms with Crippen molar-refractivity contribution >= 4 is 17.2 Å². The Bertz CT molecular complexity index is 596. The summed E-state index contributed by atoms with van der Waals surface area (Å²) in [7, 11) is 0. The van der Waals surface area contributed by atoms with Crippen molar-refractivity contribution in [1.29, 1.82) is 0 Å². The smallest absolute Gasteiger partial charge is 0.224 e. The van der Waals surface area contributed by atoms with Gasteiger partial charge in [-0.15, -0.1) is 11.3 Å². The van der Waals surface area contributed by atoms with Crippen LogP contribution in [0.1, 0.15) is 31.5 Å². The number of aromatic nitrogens is 2. The number of hydrogen-bond acceptors (Lipinski definition) is 4. The quantitative estimate of drug-likeness (QED) is 0.845. The average Bonchev–Trinajstić information content (AvgIpc) is 3.19. The van der Waals surface area contributed by atoms with E-state index in [0.717, 1.165) is 44.8 Å². The summed E-state index contributed by atoms with van der Waals surface area (Å²) < 4.78 is 2.10. The second kappa shape index (κ2) is 7.75. The minimum absolute atomic E-state index is 0.215. The highest BCUT2D eigenvalue weighted by Crippen LogP contribution is 2.15. The lowest BCUT2D eigenvalue weighted by Crippen LogP contribution is -2.36. The first kappa shape index (κ1) is 16.2. The first-order valence-corrected chi connectivity index (χ1v) is 9.16. The Kier molecular flexibility index (Phi) is 5.46. The van der Waals surface area contributed by atoms with E-state index in [-0.39, 0.29) is 11.9 Å². The molecule has 0 radical (unpaired) electrons. The number of nitrogens with zero attached hydrogens (tertiary/aromatic N) is 4. The van der Waals surface area contributed by atoms with Crippen molar-refractivity contribution in [3.8, 4) is 0 Å². The van der Waals surface area contributed by atoms with E-state index in [2.05, 4.69) is 26.8 Å². The lowest BCUT2D eigenvalue weighted by atomic mass is 10.2. The normalized spacial score (nSPS) is 17.9. The average molecular weight is 332 g/mol. The van der Waals surface area contributed by atoms with E-state index in [0.29, 0.717) is 6.42 Å². The van der Waals surface area contributed by atoms with Gasteiger partial charge in [-0.05, 0) is 25.5 Å². The molecule has 23 heavy (non-hydrogen) atoms.